The molecular formula is C73H44N2O7. The van der Waals surface area contributed by atoms with Crippen molar-refractivity contribution < 1.29 is 24.1 Å². The Morgan fingerprint density at radius 1 is 0.317 bits per heavy atom. The second-order valence-electron chi connectivity index (χ2n) is 21.6. The van der Waals surface area contributed by atoms with Crippen LogP contribution in [0, 0.1) is 20.2 Å². The van der Waals surface area contributed by atoms with E-state index in [1.165, 1.54) is 36.4 Å². The molecule has 0 heterocycles. The van der Waals surface area contributed by atoms with E-state index in [0.29, 0.717) is 11.1 Å². The molecule has 9 heteroatoms. The van der Waals surface area contributed by atoms with Gasteiger partial charge in [-0.1, -0.05) is 194 Å². The molecule has 16 rings (SSSR count). The highest BCUT2D eigenvalue weighted by atomic mass is 16.7. The fourth-order valence-electron chi connectivity index (χ4n) is 14.4. The van der Waals surface area contributed by atoms with E-state index in [1.54, 1.807) is 0 Å². The molecule has 0 bridgehead atoms. The molecule has 82 heavy (non-hydrogen) atoms. The predicted molar refractivity (Wildman–Crippen MR) is 328 cm³/mol. The van der Waals surface area contributed by atoms with Crippen molar-refractivity contribution in [2.45, 2.75) is 24.7 Å². The number of rotatable bonds is 8. The Hall–Kier alpha value is -10.8. The Balaban J connectivity index is 0.839. The van der Waals surface area contributed by atoms with Crippen LogP contribution in [0.25, 0.3) is 108 Å². The molecule has 14 aromatic rings. The Labute approximate surface area is 468 Å². The number of nitrogens with zero attached hydrogens (tertiary/aromatic N) is 2. The van der Waals surface area contributed by atoms with E-state index in [-0.39, 0.29) is 47.6 Å². The van der Waals surface area contributed by atoms with E-state index >= 15 is 0 Å². The van der Waals surface area contributed by atoms with Crippen molar-refractivity contribution in [1.82, 2.24) is 0 Å². The number of carbonyl (C=O) groups is 1. The van der Waals surface area contributed by atoms with Gasteiger partial charge in [0.15, 0.2) is 0 Å². The molecule has 388 valence electrons. The maximum absolute atomic E-state index is 14.8. The van der Waals surface area contributed by atoms with Crippen LogP contribution in [0.1, 0.15) is 45.2 Å². The molecule has 0 atom stereocenters. The highest BCUT2D eigenvalue weighted by Crippen LogP contribution is 2.60. The summed E-state index contributed by atoms with van der Waals surface area (Å²) in [4.78, 5) is 39.3. The van der Waals surface area contributed by atoms with E-state index in [9.17, 15) is 25.0 Å². The summed E-state index contributed by atoms with van der Waals surface area (Å²) in [6, 6.07) is 76.2. The number of hydrogen-bond acceptors (Lipinski definition) is 7. The van der Waals surface area contributed by atoms with Gasteiger partial charge in [-0.3, -0.25) is 20.2 Å². The van der Waals surface area contributed by atoms with E-state index in [1.807, 2.05) is 0 Å². The van der Waals surface area contributed by atoms with Crippen LogP contribution in [-0.4, -0.2) is 16.0 Å². The first-order valence-electron chi connectivity index (χ1n) is 27.5. The van der Waals surface area contributed by atoms with Crippen LogP contribution in [0.4, 0.5) is 16.2 Å². The van der Waals surface area contributed by atoms with Gasteiger partial charge >= 0.3 is 6.16 Å². The molecule has 0 amide bonds. The van der Waals surface area contributed by atoms with Crippen LogP contribution in [-0.2, 0) is 12.8 Å². The molecule has 0 unspecified atom stereocenters. The third-order valence-corrected chi connectivity index (χ3v) is 17.5. The van der Waals surface area contributed by atoms with Gasteiger partial charge in [-0.15, -0.1) is 0 Å². The number of benzene rings is 14. The van der Waals surface area contributed by atoms with Crippen molar-refractivity contribution in [3.8, 4) is 33.8 Å². The molecule has 14 aromatic carbocycles. The molecule has 0 aromatic heterocycles. The zero-order valence-electron chi connectivity index (χ0n) is 43.8. The van der Waals surface area contributed by atoms with E-state index in [0.717, 1.165) is 131 Å². The normalized spacial score (nSPS) is 12.9. The summed E-state index contributed by atoms with van der Waals surface area (Å²) in [5.74, 6) is -0.511. The van der Waals surface area contributed by atoms with Crippen molar-refractivity contribution in [2.24, 2.45) is 0 Å². The summed E-state index contributed by atoms with van der Waals surface area (Å²) in [6.45, 7) is 0. The Morgan fingerprint density at radius 2 is 0.537 bits per heavy atom. The summed E-state index contributed by atoms with van der Waals surface area (Å²) >= 11 is 0. The zero-order valence-corrected chi connectivity index (χ0v) is 43.8. The number of hydrogen-bond donors (Lipinski definition) is 0. The van der Waals surface area contributed by atoms with Gasteiger partial charge in [-0.2, -0.15) is 0 Å². The molecule has 2 aliphatic rings. The van der Waals surface area contributed by atoms with Gasteiger partial charge in [0.2, 0.25) is 0 Å². The minimum Gasteiger partial charge on any atom is -0.394 e. The predicted octanol–water partition coefficient (Wildman–Crippen LogP) is 19.0. The first-order chi connectivity index (χ1) is 40.3. The lowest BCUT2D eigenvalue weighted by Crippen LogP contribution is -2.17. The minimum absolute atomic E-state index is 0.0968. The third kappa shape index (κ3) is 6.96. The average molecular weight is 1060 g/mol. The van der Waals surface area contributed by atoms with E-state index < -0.39 is 16.0 Å². The number of fused-ring (bicyclic) bond motifs is 26. The second-order valence-corrected chi connectivity index (χ2v) is 21.6. The molecule has 0 saturated carbocycles. The van der Waals surface area contributed by atoms with Gasteiger partial charge in [-0.25, -0.2) is 4.79 Å². The zero-order chi connectivity index (χ0) is 54.9. The molecular weight excluding hydrogens is 1020 g/mol. The molecule has 9 nitrogen and oxygen atoms in total. The van der Waals surface area contributed by atoms with E-state index in [2.05, 4.69) is 194 Å². The van der Waals surface area contributed by atoms with Crippen molar-refractivity contribution in [3.05, 3.63) is 284 Å². The van der Waals surface area contributed by atoms with Gasteiger partial charge in [0, 0.05) is 47.2 Å². The summed E-state index contributed by atoms with van der Waals surface area (Å²) in [6.07, 6.45) is -0.641. The van der Waals surface area contributed by atoms with Gasteiger partial charge in [0.05, 0.1) is 9.85 Å². The largest absolute Gasteiger partial charge is 0.519 e. The molecule has 0 radical (unpaired) electrons. The molecule has 0 aliphatic heterocycles. The van der Waals surface area contributed by atoms with Crippen LogP contribution in [0.3, 0.4) is 0 Å². The Morgan fingerprint density at radius 3 is 0.780 bits per heavy atom. The lowest BCUT2D eigenvalue weighted by atomic mass is 9.83. The Bertz CT molecular complexity index is 4610. The number of nitro groups is 2. The van der Waals surface area contributed by atoms with Crippen molar-refractivity contribution in [1.29, 1.82) is 0 Å². The maximum Gasteiger partial charge on any atom is 0.519 e. The second kappa shape index (κ2) is 18.1. The van der Waals surface area contributed by atoms with Gasteiger partial charge in [0.25, 0.3) is 11.4 Å². The SMILES string of the molecule is O=C(Oc1ccc([N+](=O)[O-])cc1CC1c2c(c3ccccc3c3ccccc23)-c2c1c1ccccc1c1ccccc21)Oc1ccc([N+](=O)[O-])cc1CC1c2c(c3ccccc3c3ccccc23)-c2c1c1ccccc1c1ccccc21. The smallest absolute Gasteiger partial charge is 0.394 e. The van der Waals surface area contributed by atoms with Gasteiger partial charge in [0.1, 0.15) is 11.5 Å². The summed E-state index contributed by atoms with van der Waals surface area (Å²) in [5.41, 5.74) is 9.40. The first kappa shape index (κ1) is 47.2. The highest BCUT2D eigenvalue weighted by Gasteiger charge is 2.39. The van der Waals surface area contributed by atoms with E-state index in [4.69, 9.17) is 9.47 Å². The maximum atomic E-state index is 14.8. The van der Waals surface area contributed by atoms with Crippen LogP contribution in [0.2, 0.25) is 0 Å². The summed E-state index contributed by atoms with van der Waals surface area (Å²) < 4.78 is 12.6. The fourth-order valence-corrected chi connectivity index (χ4v) is 14.4. The van der Waals surface area contributed by atoms with Crippen LogP contribution in [0.5, 0.6) is 11.5 Å². The fraction of sp³-hybridized carbons (Fsp3) is 0.0548. The molecule has 0 N–H and O–H groups in total. The van der Waals surface area contributed by atoms with Crippen LogP contribution in [0.15, 0.2) is 231 Å². The summed E-state index contributed by atoms with van der Waals surface area (Å²) in [5, 5.41) is 43.0. The third-order valence-electron chi connectivity index (χ3n) is 17.5. The van der Waals surface area contributed by atoms with Crippen molar-refractivity contribution >= 4 is 104 Å². The minimum atomic E-state index is -1.09. The lowest BCUT2D eigenvalue weighted by molar-refractivity contribution is -0.385. The number of carbonyl (C=O) groups excluding carboxylic acids is 1. The first-order valence-corrected chi connectivity index (χ1v) is 27.5. The molecule has 0 saturated heterocycles. The molecule has 0 spiro atoms. The lowest BCUT2D eigenvalue weighted by Gasteiger charge is -2.21. The van der Waals surface area contributed by atoms with Crippen LogP contribution >= 0.6 is 0 Å². The van der Waals surface area contributed by atoms with Crippen molar-refractivity contribution in [3.63, 3.8) is 0 Å². The average Bonchev–Trinajstić information content (AvgIpc) is 4.24. The molecule has 2 aliphatic carbocycles. The number of ether oxygens (including phenoxy) is 2. The number of non-ortho nitro benzene ring substituents is 2. The topological polar surface area (TPSA) is 122 Å². The van der Waals surface area contributed by atoms with Crippen LogP contribution < -0.4 is 9.47 Å². The quantitative estimate of drug-likeness (QED) is 0.0488. The standard InChI is InChI=1S/C73H44N2O7/c76-73(81-63-35-33-43(74(77)78)37-41(63)39-61-65-53-25-9-1-17-45(53)49-21-5-13-29-57(49)69(65)70-58-30-14-6-22-50(58)46-18-2-10-26-54(46)66(61)70)82-64-36-34-44(75(79)80)38-42(64)40-62-67-55-27-11-3-19-47(55)51-23-7-15-31-59(51)71(67)72-60-32-16-8-24-52(60)48-20-4-12-28-56(48)68(62)72/h1-38,61-62H,39-40H2. The Kier molecular flexibility index (Phi) is 10.5. The van der Waals surface area contributed by atoms with Crippen molar-refractivity contribution in [2.75, 3.05) is 0 Å². The highest BCUT2D eigenvalue weighted by molar-refractivity contribution is 6.27. The van der Waals surface area contributed by atoms with Gasteiger partial charge in [-0.05, 0) is 156 Å². The number of nitro benzene ring substituents is 2. The molecule has 0 fully saturated rings. The van der Waals surface area contributed by atoms with Gasteiger partial charge < -0.3 is 9.47 Å². The summed E-state index contributed by atoms with van der Waals surface area (Å²) in [7, 11) is 0. The monoisotopic (exact) mass is 1060 g/mol.